The summed E-state index contributed by atoms with van der Waals surface area (Å²) in [6.45, 7) is 0. The number of nitro groups is 1. The van der Waals surface area contributed by atoms with Crippen LogP contribution in [0.2, 0.25) is 5.02 Å². The van der Waals surface area contributed by atoms with Gasteiger partial charge in [0.05, 0.1) is 10.6 Å². The minimum Gasteiger partial charge on any atom is -0.368 e. The number of aromatic nitrogens is 3. The van der Waals surface area contributed by atoms with E-state index in [-0.39, 0.29) is 22.6 Å². The molecule has 0 bridgehead atoms. The maximum Gasteiger partial charge on any atom is 0.288 e. The summed E-state index contributed by atoms with van der Waals surface area (Å²) in [6, 6.07) is 4.08. The number of hydrogen-bond donors (Lipinski definition) is 2. The van der Waals surface area contributed by atoms with Crippen LogP contribution in [-0.4, -0.2) is 19.7 Å². The smallest absolute Gasteiger partial charge is 0.288 e. The fourth-order valence-corrected chi connectivity index (χ4v) is 1.55. The molecule has 88 valence electrons. The Balaban J connectivity index is 2.51. The number of nitrogen functional groups attached to an aromatic ring is 2. The monoisotopic (exact) mass is 254 g/mol. The largest absolute Gasteiger partial charge is 0.368 e. The highest BCUT2D eigenvalue weighted by Gasteiger charge is 2.14. The summed E-state index contributed by atoms with van der Waals surface area (Å²) in [4.78, 5) is 13.7. The molecule has 0 saturated carbocycles. The Morgan fingerprint density at radius 2 is 2.12 bits per heavy atom. The lowest BCUT2D eigenvalue weighted by molar-refractivity contribution is -0.384. The van der Waals surface area contributed by atoms with Crippen LogP contribution in [0.5, 0.6) is 0 Å². The zero-order chi connectivity index (χ0) is 12.6. The molecule has 0 unspecified atom stereocenters. The molecule has 2 rings (SSSR count). The normalized spacial score (nSPS) is 10.4. The minimum atomic E-state index is -0.578. The van der Waals surface area contributed by atoms with Crippen molar-refractivity contribution in [3.63, 3.8) is 0 Å². The van der Waals surface area contributed by atoms with E-state index in [4.69, 9.17) is 23.1 Å². The van der Waals surface area contributed by atoms with Crippen molar-refractivity contribution in [3.05, 3.63) is 33.3 Å². The fraction of sp³-hybridized carbons (Fsp3) is 0. The van der Waals surface area contributed by atoms with Gasteiger partial charge in [-0.05, 0) is 12.1 Å². The van der Waals surface area contributed by atoms with Crippen molar-refractivity contribution >= 4 is 29.2 Å². The van der Waals surface area contributed by atoms with Gasteiger partial charge in [-0.3, -0.25) is 10.1 Å². The quantitative estimate of drug-likeness (QED) is 0.608. The van der Waals surface area contributed by atoms with E-state index in [1.165, 1.54) is 22.9 Å². The lowest BCUT2D eigenvalue weighted by Crippen LogP contribution is -2.03. The first kappa shape index (κ1) is 11.1. The van der Waals surface area contributed by atoms with Crippen LogP contribution in [-0.2, 0) is 0 Å². The van der Waals surface area contributed by atoms with E-state index in [1.54, 1.807) is 0 Å². The van der Waals surface area contributed by atoms with E-state index in [0.717, 1.165) is 0 Å². The zero-order valence-corrected chi connectivity index (χ0v) is 9.13. The van der Waals surface area contributed by atoms with Gasteiger partial charge in [0.15, 0.2) is 0 Å². The van der Waals surface area contributed by atoms with Crippen LogP contribution in [0.1, 0.15) is 0 Å². The number of benzene rings is 1. The summed E-state index contributed by atoms with van der Waals surface area (Å²) in [5, 5.41) is 14.4. The molecular formula is C8H7ClN6O2. The first-order valence-corrected chi connectivity index (χ1v) is 4.79. The topological polar surface area (TPSA) is 126 Å². The number of hydrogen-bond acceptors (Lipinski definition) is 6. The molecule has 4 N–H and O–H groups in total. The molecule has 1 aromatic carbocycles. The number of anilines is 2. The SMILES string of the molecule is Nc1nc(N)n(-c2ccc([N+](=O)[O-])c(Cl)c2)n1. The van der Waals surface area contributed by atoms with Crippen molar-refractivity contribution in [2.24, 2.45) is 0 Å². The van der Waals surface area contributed by atoms with Crippen molar-refractivity contribution in [1.82, 2.24) is 14.8 Å². The lowest BCUT2D eigenvalue weighted by Gasteiger charge is -2.02. The molecule has 1 heterocycles. The van der Waals surface area contributed by atoms with E-state index in [1.807, 2.05) is 0 Å². The molecule has 1 aromatic heterocycles. The molecule has 0 radical (unpaired) electrons. The van der Waals surface area contributed by atoms with Crippen LogP contribution in [0.3, 0.4) is 0 Å². The van der Waals surface area contributed by atoms with E-state index >= 15 is 0 Å². The third-order valence-electron chi connectivity index (χ3n) is 2.02. The maximum atomic E-state index is 10.6. The van der Waals surface area contributed by atoms with Gasteiger partial charge in [0.25, 0.3) is 5.69 Å². The van der Waals surface area contributed by atoms with E-state index in [2.05, 4.69) is 10.1 Å². The molecule has 0 aliphatic heterocycles. The summed E-state index contributed by atoms with van der Waals surface area (Å²) in [5.74, 6) is 0.0874. The van der Waals surface area contributed by atoms with Crippen molar-refractivity contribution in [2.75, 3.05) is 11.5 Å². The standard InChI is InChI=1S/C8H7ClN6O2/c9-5-3-4(1-2-6(5)15(16)17)14-8(11)12-7(10)13-14/h1-3H,(H4,10,11,12,13). The van der Waals surface area contributed by atoms with Crippen LogP contribution < -0.4 is 11.5 Å². The van der Waals surface area contributed by atoms with Gasteiger partial charge in [0.1, 0.15) is 5.02 Å². The molecule has 0 aliphatic rings. The van der Waals surface area contributed by atoms with Crippen molar-refractivity contribution < 1.29 is 4.92 Å². The van der Waals surface area contributed by atoms with Gasteiger partial charge < -0.3 is 11.5 Å². The van der Waals surface area contributed by atoms with Gasteiger partial charge in [-0.1, -0.05) is 11.6 Å². The molecule has 0 fully saturated rings. The van der Waals surface area contributed by atoms with E-state index < -0.39 is 4.92 Å². The molecule has 9 heteroatoms. The minimum absolute atomic E-state index is 0.0111. The summed E-state index contributed by atoms with van der Waals surface area (Å²) in [7, 11) is 0. The first-order valence-electron chi connectivity index (χ1n) is 4.41. The molecule has 2 aromatic rings. The summed E-state index contributed by atoms with van der Waals surface area (Å²) >= 11 is 5.76. The average Bonchev–Trinajstić information content (AvgIpc) is 2.57. The van der Waals surface area contributed by atoms with Crippen LogP contribution in [0.25, 0.3) is 5.69 Å². The molecule has 17 heavy (non-hydrogen) atoms. The number of rotatable bonds is 2. The Hall–Kier alpha value is -2.35. The van der Waals surface area contributed by atoms with E-state index in [9.17, 15) is 10.1 Å². The molecule has 8 nitrogen and oxygen atoms in total. The second kappa shape index (κ2) is 3.91. The highest BCUT2D eigenvalue weighted by Crippen LogP contribution is 2.27. The van der Waals surface area contributed by atoms with Gasteiger partial charge >= 0.3 is 0 Å². The molecule has 0 spiro atoms. The van der Waals surface area contributed by atoms with E-state index in [0.29, 0.717) is 5.69 Å². The summed E-state index contributed by atoms with van der Waals surface area (Å²) in [5.41, 5.74) is 11.2. The Morgan fingerprint density at radius 1 is 1.41 bits per heavy atom. The Morgan fingerprint density at radius 3 is 2.59 bits per heavy atom. The van der Waals surface area contributed by atoms with Gasteiger partial charge in [-0.25, -0.2) is 0 Å². The molecular weight excluding hydrogens is 248 g/mol. The lowest BCUT2D eigenvalue weighted by atomic mass is 10.3. The third kappa shape index (κ3) is 1.97. The van der Waals surface area contributed by atoms with Crippen molar-refractivity contribution in [1.29, 1.82) is 0 Å². The highest BCUT2D eigenvalue weighted by atomic mass is 35.5. The van der Waals surface area contributed by atoms with Gasteiger partial charge in [-0.15, -0.1) is 5.10 Å². The fourth-order valence-electron chi connectivity index (χ4n) is 1.31. The predicted molar refractivity (Wildman–Crippen MR) is 61.8 cm³/mol. The summed E-state index contributed by atoms with van der Waals surface area (Å²) in [6.07, 6.45) is 0. The molecule has 0 aliphatic carbocycles. The van der Waals surface area contributed by atoms with Crippen LogP contribution >= 0.6 is 11.6 Å². The first-order chi connectivity index (χ1) is 7.99. The second-order valence-corrected chi connectivity index (χ2v) is 3.54. The van der Waals surface area contributed by atoms with Gasteiger partial charge in [-0.2, -0.15) is 9.67 Å². The van der Waals surface area contributed by atoms with Crippen molar-refractivity contribution in [3.8, 4) is 5.69 Å². The summed E-state index contributed by atoms with van der Waals surface area (Å²) < 4.78 is 1.24. The van der Waals surface area contributed by atoms with Crippen LogP contribution in [0, 0.1) is 10.1 Å². The zero-order valence-electron chi connectivity index (χ0n) is 8.37. The molecule has 0 amide bonds. The highest BCUT2D eigenvalue weighted by molar-refractivity contribution is 6.32. The second-order valence-electron chi connectivity index (χ2n) is 3.13. The number of nitrogens with zero attached hydrogens (tertiary/aromatic N) is 4. The van der Waals surface area contributed by atoms with Gasteiger partial charge in [0, 0.05) is 6.07 Å². The van der Waals surface area contributed by atoms with Crippen LogP contribution in [0.15, 0.2) is 18.2 Å². The van der Waals surface area contributed by atoms with Crippen LogP contribution in [0.4, 0.5) is 17.6 Å². The third-order valence-corrected chi connectivity index (χ3v) is 2.32. The number of halogens is 1. The number of nitro benzene ring substituents is 1. The Kier molecular flexibility index (Phi) is 2.56. The number of nitrogens with two attached hydrogens (primary N) is 2. The Labute approximate surface area is 100.0 Å². The Bertz CT molecular complexity index is 596. The maximum absolute atomic E-state index is 10.6. The predicted octanol–water partition coefficient (Wildman–Crippen LogP) is 0.993. The van der Waals surface area contributed by atoms with Gasteiger partial charge in [0.2, 0.25) is 11.9 Å². The average molecular weight is 255 g/mol. The van der Waals surface area contributed by atoms with Crippen molar-refractivity contribution in [2.45, 2.75) is 0 Å². The molecule has 0 saturated heterocycles. The molecule has 0 atom stereocenters.